The zero-order valence-corrected chi connectivity index (χ0v) is 12.6. The molecular weight excluding hydrogens is 260 g/mol. The Morgan fingerprint density at radius 1 is 1.30 bits per heavy atom. The van der Waals surface area contributed by atoms with Gasteiger partial charge in [0.1, 0.15) is 6.04 Å². The number of carbonyl (C=O) groups is 2. The smallest absolute Gasteiger partial charge is 0.326 e. The van der Waals surface area contributed by atoms with Crippen molar-refractivity contribution < 1.29 is 19.8 Å². The van der Waals surface area contributed by atoms with Gasteiger partial charge in [0.2, 0.25) is 0 Å². The molecule has 3 N–H and O–H groups in total. The highest BCUT2D eigenvalue weighted by Crippen LogP contribution is 2.21. The van der Waals surface area contributed by atoms with Crippen molar-refractivity contribution in [1.82, 2.24) is 10.2 Å². The SMILES string of the molecule is CC(C)(C)[C@@H](NC(=O)N1CCCCCC1CO)C(=O)O. The van der Waals surface area contributed by atoms with E-state index in [0.717, 1.165) is 25.7 Å². The third-order valence-corrected chi connectivity index (χ3v) is 3.73. The van der Waals surface area contributed by atoms with Crippen molar-refractivity contribution in [3.05, 3.63) is 0 Å². The Morgan fingerprint density at radius 2 is 1.95 bits per heavy atom. The molecule has 0 radical (unpaired) electrons. The van der Waals surface area contributed by atoms with Gasteiger partial charge in [0.15, 0.2) is 0 Å². The number of likely N-dealkylation sites (tertiary alicyclic amines) is 1. The summed E-state index contributed by atoms with van der Waals surface area (Å²) >= 11 is 0. The number of carboxylic acid groups (broad SMARTS) is 1. The van der Waals surface area contributed by atoms with Crippen LogP contribution in [0.3, 0.4) is 0 Å². The number of urea groups is 1. The highest BCUT2D eigenvalue weighted by Gasteiger charge is 2.35. The van der Waals surface area contributed by atoms with Crippen molar-refractivity contribution in [2.24, 2.45) is 5.41 Å². The van der Waals surface area contributed by atoms with Gasteiger partial charge in [0.25, 0.3) is 0 Å². The van der Waals surface area contributed by atoms with Crippen molar-refractivity contribution in [1.29, 1.82) is 0 Å². The van der Waals surface area contributed by atoms with Crippen LogP contribution in [0.1, 0.15) is 46.5 Å². The third kappa shape index (κ3) is 4.37. The van der Waals surface area contributed by atoms with Gasteiger partial charge in [-0.05, 0) is 18.3 Å². The van der Waals surface area contributed by atoms with Crippen molar-refractivity contribution >= 4 is 12.0 Å². The average Bonchev–Trinajstić information content (AvgIpc) is 2.58. The van der Waals surface area contributed by atoms with Crippen molar-refractivity contribution in [2.75, 3.05) is 13.2 Å². The predicted molar refractivity (Wildman–Crippen MR) is 75.5 cm³/mol. The van der Waals surface area contributed by atoms with E-state index in [-0.39, 0.29) is 12.6 Å². The molecule has 20 heavy (non-hydrogen) atoms. The summed E-state index contributed by atoms with van der Waals surface area (Å²) in [6, 6.07) is -1.56. The summed E-state index contributed by atoms with van der Waals surface area (Å²) in [5.41, 5.74) is -0.567. The van der Waals surface area contributed by atoms with Crippen LogP contribution in [0.2, 0.25) is 0 Å². The highest BCUT2D eigenvalue weighted by atomic mass is 16.4. The molecule has 1 unspecified atom stereocenters. The molecule has 0 aromatic carbocycles. The van der Waals surface area contributed by atoms with Crippen LogP contribution in [0, 0.1) is 5.41 Å². The molecule has 1 aliphatic heterocycles. The van der Waals surface area contributed by atoms with Crippen LogP contribution in [0.15, 0.2) is 0 Å². The van der Waals surface area contributed by atoms with Crippen LogP contribution < -0.4 is 5.32 Å². The molecule has 0 aromatic rings. The lowest BCUT2D eigenvalue weighted by Gasteiger charge is -2.33. The summed E-state index contributed by atoms with van der Waals surface area (Å²) in [6.07, 6.45) is 3.66. The summed E-state index contributed by atoms with van der Waals surface area (Å²) in [5, 5.41) is 21.2. The van der Waals surface area contributed by atoms with Crippen LogP contribution in [-0.2, 0) is 4.79 Å². The normalized spacial score (nSPS) is 22.0. The summed E-state index contributed by atoms with van der Waals surface area (Å²) in [6.45, 7) is 5.81. The Morgan fingerprint density at radius 3 is 2.45 bits per heavy atom. The van der Waals surface area contributed by atoms with Crippen LogP contribution in [0.5, 0.6) is 0 Å². The van der Waals surface area contributed by atoms with E-state index in [9.17, 15) is 19.8 Å². The second-order valence-corrected chi connectivity index (χ2v) is 6.47. The molecule has 116 valence electrons. The average molecular weight is 286 g/mol. The first-order valence-electron chi connectivity index (χ1n) is 7.18. The van der Waals surface area contributed by atoms with Crippen LogP contribution in [-0.4, -0.2) is 52.3 Å². The maximum Gasteiger partial charge on any atom is 0.326 e. The van der Waals surface area contributed by atoms with E-state index in [1.165, 1.54) is 0 Å². The number of carboxylic acids is 1. The number of hydrogen-bond acceptors (Lipinski definition) is 3. The molecule has 1 aliphatic rings. The topological polar surface area (TPSA) is 89.9 Å². The number of aliphatic hydroxyl groups excluding tert-OH is 1. The van der Waals surface area contributed by atoms with Gasteiger partial charge in [-0.1, -0.05) is 33.6 Å². The Kier molecular flexibility index (Phi) is 5.80. The van der Waals surface area contributed by atoms with E-state index >= 15 is 0 Å². The molecule has 2 atom stereocenters. The Labute approximate surface area is 120 Å². The Balaban J connectivity index is 2.78. The van der Waals surface area contributed by atoms with Gasteiger partial charge in [0.05, 0.1) is 12.6 Å². The number of aliphatic hydroxyl groups is 1. The minimum atomic E-state index is -1.04. The van der Waals surface area contributed by atoms with Gasteiger partial charge in [0, 0.05) is 6.54 Å². The molecule has 1 heterocycles. The van der Waals surface area contributed by atoms with Gasteiger partial charge in [-0.2, -0.15) is 0 Å². The van der Waals surface area contributed by atoms with E-state index in [4.69, 9.17) is 0 Å². The van der Waals surface area contributed by atoms with Crippen molar-refractivity contribution in [3.63, 3.8) is 0 Å². The largest absolute Gasteiger partial charge is 0.480 e. The van der Waals surface area contributed by atoms with Gasteiger partial charge in [-0.3, -0.25) is 0 Å². The maximum atomic E-state index is 12.3. The minimum absolute atomic E-state index is 0.0827. The van der Waals surface area contributed by atoms with E-state index in [1.807, 2.05) is 0 Å². The predicted octanol–water partition coefficient (Wildman–Crippen LogP) is 1.43. The molecule has 6 nitrogen and oxygen atoms in total. The van der Waals surface area contributed by atoms with Crippen LogP contribution >= 0.6 is 0 Å². The van der Waals surface area contributed by atoms with Gasteiger partial charge in [-0.15, -0.1) is 0 Å². The van der Waals surface area contributed by atoms with E-state index in [0.29, 0.717) is 6.54 Å². The zero-order valence-electron chi connectivity index (χ0n) is 12.6. The first kappa shape index (κ1) is 16.8. The molecule has 1 rings (SSSR count). The van der Waals surface area contributed by atoms with E-state index < -0.39 is 23.5 Å². The monoisotopic (exact) mass is 286 g/mol. The second-order valence-electron chi connectivity index (χ2n) is 6.47. The number of aliphatic carboxylic acids is 1. The summed E-state index contributed by atoms with van der Waals surface area (Å²) in [7, 11) is 0. The quantitative estimate of drug-likeness (QED) is 0.732. The summed E-state index contributed by atoms with van der Waals surface area (Å²) in [5.74, 6) is -1.04. The molecule has 0 saturated carbocycles. The lowest BCUT2D eigenvalue weighted by molar-refractivity contribution is -0.142. The lowest BCUT2D eigenvalue weighted by atomic mass is 9.87. The molecule has 1 saturated heterocycles. The van der Waals surface area contributed by atoms with Gasteiger partial charge >= 0.3 is 12.0 Å². The van der Waals surface area contributed by atoms with Gasteiger partial charge in [-0.25, -0.2) is 9.59 Å². The number of nitrogens with zero attached hydrogens (tertiary/aromatic N) is 1. The fraction of sp³-hybridized carbons (Fsp3) is 0.857. The highest BCUT2D eigenvalue weighted by molar-refractivity contribution is 5.83. The van der Waals surface area contributed by atoms with E-state index in [1.54, 1.807) is 25.7 Å². The number of carbonyl (C=O) groups excluding carboxylic acids is 1. The van der Waals surface area contributed by atoms with Crippen LogP contribution in [0.4, 0.5) is 4.79 Å². The summed E-state index contributed by atoms with van der Waals surface area (Å²) in [4.78, 5) is 25.2. The third-order valence-electron chi connectivity index (χ3n) is 3.73. The maximum absolute atomic E-state index is 12.3. The first-order valence-corrected chi connectivity index (χ1v) is 7.18. The Bertz CT molecular complexity index is 352. The molecule has 6 heteroatoms. The molecule has 0 aromatic heterocycles. The number of rotatable bonds is 3. The first-order chi connectivity index (χ1) is 9.27. The number of amides is 2. The molecule has 2 amide bonds. The fourth-order valence-electron chi connectivity index (χ4n) is 2.49. The molecule has 0 aliphatic carbocycles. The molecule has 0 spiro atoms. The van der Waals surface area contributed by atoms with E-state index in [2.05, 4.69) is 5.32 Å². The molecular formula is C14H26N2O4. The minimum Gasteiger partial charge on any atom is -0.480 e. The van der Waals surface area contributed by atoms with Crippen molar-refractivity contribution in [3.8, 4) is 0 Å². The fourth-order valence-corrected chi connectivity index (χ4v) is 2.49. The number of nitrogens with one attached hydrogen (secondary N) is 1. The van der Waals surface area contributed by atoms with Crippen LogP contribution in [0.25, 0.3) is 0 Å². The van der Waals surface area contributed by atoms with Gasteiger partial charge < -0.3 is 20.4 Å². The number of hydrogen-bond donors (Lipinski definition) is 3. The standard InChI is InChI=1S/C14H26N2O4/c1-14(2,3)11(12(18)19)15-13(20)16-8-6-4-5-7-10(16)9-17/h10-11,17H,4-9H2,1-3H3,(H,15,20)(H,18,19)/t10?,11-/m0/s1. The summed E-state index contributed by atoms with van der Waals surface area (Å²) < 4.78 is 0. The second kappa shape index (κ2) is 6.92. The van der Waals surface area contributed by atoms with Crippen molar-refractivity contribution in [2.45, 2.75) is 58.5 Å². The molecule has 0 bridgehead atoms. The zero-order chi connectivity index (χ0) is 15.3. The lowest BCUT2D eigenvalue weighted by Crippen LogP contribution is -2.55. The molecule has 1 fully saturated rings. The Hall–Kier alpha value is -1.30.